The Bertz CT molecular complexity index is 810. The van der Waals surface area contributed by atoms with Crippen LogP contribution in [0.3, 0.4) is 0 Å². The molecule has 0 unspecified atom stereocenters. The number of hydrogen-bond acceptors (Lipinski definition) is 6. The number of fused-ring (bicyclic) bond motifs is 1. The van der Waals surface area contributed by atoms with Gasteiger partial charge in [0.15, 0.2) is 11.6 Å². The van der Waals surface area contributed by atoms with E-state index in [4.69, 9.17) is 14.3 Å². The normalized spacial score (nSPS) is 13.4. The molecule has 1 aromatic carbocycles. The zero-order valence-corrected chi connectivity index (χ0v) is 18.6. The number of unbranched alkanes of at least 4 members (excludes halogenated alkanes) is 5. The topological polar surface area (TPSA) is 74.2 Å². The van der Waals surface area contributed by atoms with E-state index < -0.39 is 0 Å². The van der Waals surface area contributed by atoms with Gasteiger partial charge in [-0.2, -0.15) is 0 Å². The minimum atomic E-state index is -0.282. The van der Waals surface area contributed by atoms with Crippen LogP contribution in [0.5, 0.6) is 11.5 Å². The smallest absolute Gasteiger partial charge is 0.190 e. The molecular weight excluding hydrogens is 382 g/mol. The molecule has 0 bridgehead atoms. The van der Waals surface area contributed by atoms with Crippen LogP contribution in [0.1, 0.15) is 91.5 Å². The molecule has 0 aliphatic heterocycles. The molecule has 0 radical (unpaired) electrons. The average Bonchev–Trinajstić information content (AvgIpc) is 2.76. The molecule has 6 nitrogen and oxygen atoms in total. The molecule has 0 amide bonds. The molecule has 0 saturated heterocycles. The highest BCUT2D eigenvalue weighted by Gasteiger charge is 2.31. The first-order chi connectivity index (χ1) is 14.6. The maximum Gasteiger partial charge on any atom is 0.190 e. The van der Waals surface area contributed by atoms with E-state index in [1.165, 1.54) is 52.1 Å². The highest BCUT2D eigenvalue weighted by atomic mass is 16.6. The van der Waals surface area contributed by atoms with Gasteiger partial charge in [0, 0.05) is 5.56 Å². The summed E-state index contributed by atoms with van der Waals surface area (Å²) in [6, 6.07) is 1.73. The van der Waals surface area contributed by atoms with Gasteiger partial charge >= 0.3 is 0 Å². The number of hydrogen-bond donors (Lipinski definition) is 0. The number of oxime groups is 1. The summed E-state index contributed by atoms with van der Waals surface area (Å²) in [6.45, 7) is 4.72. The standard InChI is InChI=1S/C24H33NO5/c1-5-7-8-9-10-11-12-18(25-30-15-6-2)17-16-21(28-3)22-19(26)13-14-20(27)23(22)24(17)29-4/h13-14,16H,5-12,15H2,1-4H3. The molecule has 0 atom stereocenters. The van der Waals surface area contributed by atoms with Crippen molar-refractivity contribution in [3.8, 4) is 11.5 Å². The lowest BCUT2D eigenvalue weighted by atomic mass is 9.88. The number of benzene rings is 1. The monoisotopic (exact) mass is 415 g/mol. The number of nitrogens with zero attached hydrogens (tertiary/aromatic N) is 1. The van der Waals surface area contributed by atoms with Crippen LogP contribution < -0.4 is 9.47 Å². The summed E-state index contributed by atoms with van der Waals surface area (Å²) < 4.78 is 11.1. The summed E-state index contributed by atoms with van der Waals surface area (Å²) >= 11 is 0. The summed E-state index contributed by atoms with van der Waals surface area (Å²) in [6.07, 6.45) is 11.0. The van der Waals surface area contributed by atoms with E-state index in [9.17, 15) is 9.59 Å². The number of ether oxygens (including phenoxy) is 2. The first kappa shape index (κ1) is 23.6. The highest BCUT2D eigenvalue weighted by molar-refractivity contribution is 6.25. The van der Waals surface area contributed by atoms with Crippen LogP contribution in [0.4, 0.5) is 0 Å². The van der Waals surface area contributed by atoms with Crippen LogP contribution in [-0.2, 0) is 4.84 Å². The van der Waals surface area contributed by atoms with E-state index in [1.807, 2.05) is 6.92 Å². The van der Waals surface area contributed by atoms with Gasteiger partial charge in [-0.15, -0.1) is 0 Å². The molecule has 1 aromatic rings. The highest BCUT2D eigenvalue weighted by Crippen LogP contribution is 2.38. The molecule has 30 heavy (non-hydrogen) atoms. The Labute approximate surface area is 179 Å². The Morgan fingerprint density at radius 1 is 0.867 bits per heavy atom. The fraction of sp³-hybridized carbons (Fsp3) is 0.542. The zero-order valence-electron chi connectivity index (χ0n) is 18.6. The van der Waals surface area contributed by atoms with Crippen molar-refractivity contribution in [2.24, 2.45) is 5.16 Å². The molecule has 0 fully saturated rings. The number of rotatable bonds is 13. The number of ketones is 2. The molecule has 1 aliphatic carbocycles. The Kier molecular flexibility index (Phi) is 9.58. The lowest BCUT2D eigenvalue weighted by Crippen LogP contribution is -2.18. The second-order valence-electron chi connectivity index (χ2n) is 7.36. The predicted molar refractivity (Wildman–Crippen MR) is 118 cm³/mol. The second kappa shape index (κ2) is 12.2. The van der Waals surface area contributed by atoms with Gasteiger partial charge in [-0.05, 0) is 37.5 Å². The molecule has 6 heteroatoms. The molecule has 164 valence electrons. The third-order valence-corrected chi connectivity index (χ3v) is 5.09. The summed E-state index contributed by atoms with van der Waals surface area (Å²) in [5.74, 6) is 0.130. The SMILES string of the molecule is CCCCCCCCC(=NOCCC)c1cc(OC)c2c(c1OC)C(=O)C=CC2=O. The van der Waals surface area contributed by atoms with Crippen LogP contribution >= 0.6 is 0 Å². The molecule has 1 aliphatic rings. The van der Waals surface area contributed by atoms with Gasteiger partial charge in [0.05, 0.1) is 31.1 Å². The minimum absolute atomic E-state index is 0.227. The lowest BCUT2D eigenvalue weighted by molar-refractivity contribution is 0.0989. The van der Waals surface area contributed by atoms with Crippen LogP contribution in [0.2, 0.25) is 0 Å². The maximum atomic E-state index is 12.6. The third kappa shape index (κ3) is 5.71. The van der Waals surface area contributed by atoms with Crippen LogP contribution in [0.25, 0.3) is 0 Å². The molecular formula is C24H33NO5. The van der Waals surface area contributed by atoms with Crippen molar-refractivity contribution in [2.75, 3.05) is 20.8 Å². The number of carbonyl (C=O) groups excluding carboxylic acids is 2. The molecule has 0 N–H and O–H groups in total. The summed E-state index contributed by atoms with van der Waals surface area (Å²) in [7, 11) is 2.98. The zero-order chi connectivity index (χ0) is 21.9. The second-order valence-corrected chi connectivity index (χ2v) is 7.36. The molecule has 0 saturated carbocycles. The lowest BCUT2D eigenvalue weighted by Gasteiger charge is -2.20. The van der Waals surface area contributed by atoms with Gasteiger partial charge in [-0.25, -0.2) is 0 Å². The van der Waals surface area contributed by atoms with E-state index in [-0.39, 0.29) is 22.7 Å². The van der Waals surface area contributed by atoms with Crippen molar-refractivity contribution >= 4 is 17.3 Å². The third-order valence-electron chi connectivity index (χ3n) is 5.09. The van der Waals surface area contributed by atoms with Gasteiger partial charge < -0.3 is 14.3 Å². The Hall–Kier alpha value is -2.63. The Morgan fingerprint density at radius 3 is 2.17 bits per heavy atom. The summed E-state index contributed by atoms with van der Waals surface area (Å²) in [5, 5.41) is 4.36. The molecule has 0 heterocycles. The van der Waals surface area contributed by atoms with Crippen molar-refractivity contribution in [3.63, 3.8) is 0 Å². The van der Waals surface area contributed by atoms with Gasteiger partial charge in [-0.1, -0.05) is 51.1 Å². The molecule has 0 spiro atoms. The van der Waals surface area contributed by atoms with E-state index in [0.717, 1.165) is 19.3 Å². The van der Waals surface area contributed by atoms with Crippen molar-refractivity contribution in [1.82, 2.24) is 0 Å². The molecule has 0 aromatic heterocycles. The van der Waals surface area contributed by atoms with E-state index in [0.29, 0.717) is 35.8 Å². The van der Waals surface area contributed by atoms with Crippen molar-refractivity contribution in [1.29, 1.82) is 0 Å². The van der Waals surface area contributed by atoms with Crippen molar-refractivity contribution in [2.45, 2.75) is 65.2 Å². The van der Waals surface area contributed by atoms with Crippen molar-refractivity contribution in [3.05, 3.63) is 34.9 Å². The summed E-state index contributed by atoms with van der Waals surface area (Å²) in [4.78, 5) is 30.6. The largest absolute Gasteiger partial charge is 0.496 e. The van der Waals surface area contributed by atoms with Crippen LogP contribution in [0, 0.1) is 0 Å². The molecule has 2 rings (SSSR count). The van der Waals surface area contributed by atoms with Gasteiger partial charge in [0.25, 0.3) is 0 Å². The van der Waals surface area contributed by atoms with Crippen LogP contribution in [-0.4, -0.2) is 38.1 Å². The van der Waals surface area contributed by atoms with E-state index in [1.54, 1.807) is 6.07 Å². The Morgan fingerprint density at radius 2 is 1.53 bits per heavy atom. The maximum absolute atomic E-state index is 12.6. The fourth-order valence-electron chi connectivity index (χ4n) is 3.54. The van der Waals surface area contributed by atoms with Gasteiger partial charge in [0.2, 0.25) is 0 Å². The van der Waals surface area contributed by atoms with E-state index >= 15 is 0 Å². The minimum Gasteiger partial charge on any atom is -0.496 e. The number of allylic oxidation sites excluding steroid dienone is 2. The first-order valence-corrected chi connectivity index (χ1v) is 10.8. The van der Waals surface area contributed by atoms with E-state index in [2.05, 4.69) is 12.1 Å². The fourth-order valence-corrected chi connectivity index (χ4v) is 3.54. The van der Waals surface area contributed by atoms with Gasteiger partial charge in [0.1, 0.15) is 18.1 Å². The average molecular weight is 416 g/mol. The predicted octanol–water partition coefficient (Wildman–Crippen LogP) is 5.52. The quantitative estimate of drug-likeness (QED) is 0.241. The first-order valence-electron chi connectivity index (χ1n) is 10.8. The Balaban J connectivity index is 2.42. The summed E-state index contributed by atoms with van der Waals surface area (Å²) in [5.41, 5.74) is 1.80. The van der Waals surface area contributed by atoms with Crippen molar-refractivity contribution < 1.29 is 23.9 Å². The van der Waals surface area contributed by atoms with Crippen LogP contribution in [0.15, 0.2) is 23.4 Å². The number of methoxy groups -OCH3 is 2. The number of carbonyl (C=O) groups is 2. The van der Waals surface area contributed by atoms with Gasteiger partial charge in [-0.3, -0.25) is 9.59 Å².